The summed E-state index contributed by atoms with van der Waals surface area (Å²) in [6.45, 7) is 15.8. The minimum absolute atomic E-state index is 0.177. The van der Waals surface area contributed by atoms with E-state index in [2.05, 4.69) is 40.3 Å². The molecule has 3 fully saturated rings. The lowest BCUT2D eigenvalue weighted by molar-refractivity contribution is -0.324. The second kappa shape index (κ2) is 13.0. The van der Waals surface area contributed by atoms with E-state index >= 15 is 0 Å². The average Bonchev–Trinajstić information content (AvgIpc) is 2.98. The number of hydrogen-bond donors (Lipinski definition) is 7. The summed E-state index contributed by atoms with van der Waals surface area (Å²) < 4.78 is 24.2. The smallest absolute Gasteiger partial charge is 0.187 e. The van der Waals surface area contributed by atoms with Crippen molar-refractivity contribution in [1.29, 1.82) is 0 Å². The van der Waals surface area contributed by atoms with Crippen molar-refractivity contribution in [2.75, 3.05) is 6.61 Å². The zero-order chi connectivity index (χ0) is 32.1. The van der Waals surface area contributed by atoms with Gasteiger partial charge >= 0.3 is 0 Å². The summed E-state index contributed by atoms with van der Waals surface area (Å²) in [6, 6.07) is 0. The highest BCUT2D eigenvalue weighted by Gasteiger charge is 2.59. The van der Waals surface area contributed by atoms with Crippen LogP contribution < -0.4 is 0 Å². The molecule has 0 aromatic carbocycles. The molecule has 16 unspecified atom stereocenters. The number of aliphatic hydroxyl groups is 7. The third-order valence-corrected chi connectivity index (χ3v) is 11.6. The molecule has 4 rings (SSSR count). The first-order valence-corrected chi connectivity index (χ1v) is 15.7. The number of ether oxygens (including phenoxy) is 4. The second-order valence-corrected chi connectivity index (χ2v) is 14.1. The summed E-state index contributed by atoms with van der Waals surface area (Å²) >= 11 is 0. The number of allylic oxidation sites excluding steroid dienone is 1. The molecule has 0 spiro atoms. The van der Waals surface area contributed by atoms with Crippen LogP contribution in [0, 0.1) is 22.7 Å². The molecule has 0 radical (unpaired) electrons. The normalized spacial score (nSPS) is 50.3. The minimum Gasteiger partial charge on any atom is -0.394 e. The van der Waals surface area contributed by atoms with E-state index in [-0.39, 0.29) is 23.4 Å². The van der Waals surface area contributed by atoms with Crippen LogP contribution in [-0.2, 0) is 18.9 Å². The van der Waals surface area contributed by atoms with Gasteiger partial charge in [-0.05, 0) is 70.1 Å². The molecular formula is C32H54O11. The molecule has 2 aliphatic heterocycles. The van der Waals surface area contributed by atoms with E-state index in [1.165, 1.54) is 5.57 Å². The molecule has 4 aliphatic rings. The average molecular weight is 615 g/mol. The molecule has 0 aromatic heterocycles. The van der Waals surface area contributed by atoms with E-state index < -0.39 is 79.0 Å². The number of aliphatic hydroxyl groups excluding tert-OH is 7. The van der Waals surface area contributed by atoms with E-state index in [9.17, 15) is 35.7 Å². The molecule has 0 aromatic rings. The van der Waals surface area contributed by atoms with Gasteiger partial charge in [-0.2, -0.15) is 0 Å². The van der Waals surface area contributed by atoms with E-state index in [1.54, 1.807) is 13.0 Å². The summed E-state index contributed by atoms with van der Waals surface area (Å²) in [6.07, 6.45) is -5.16. The Kier molecular flexibility index (Phi) is 10.6. The van der Waals surface area contributed by atoms with Gasteiger partial charge in [-0.15, -0.1) is 6.58 Å². The first-order chi connectivity index (χ1) is 20.0. The quantitative estimate of drug-likeness (QED) is 0.185. The molecule has 11 heteroatoms. The first kappa shape index (κ1) is 34.9. The topological polar surface area (TPSA) is 179 Å². The molecule has 0 bridgehead atoms. The van der Waals surface area contributed by atoms with Crippen LogP contribution in [0.1, 0.15) is 73.6 Å². The molecule has 2 aliphatic carbocycles. The Morgan fingerprint density at radius 1 is 0.977 bits per heavy atom. The SMILES string of the molecule is C=CC(C)(CCC1(C)C(C)CC(OC2OC(C)C(O)C(O)C2O)C2(C)C(C)=CCCC12)OC1OC(CO)C(O)C(O)C1O. The van der Waals surface area contributed by atoms with Crippen LogP contribution in [0.3, 0.4) is 0 Å². The molecule has 248 valence electrons. The van der Waals surface area contributed by atoms with Crippen LogP contribution in [0.25, 0.3) is 0 Å². The fourth-order valence-corrected chi connectivity index (χ4v) is 7.99. The molecular weight excluding hydrogens is 560 g/mol. The van der Waals surface area contributed by atoms with Gasteiger partial charge in [0.15, 0.2) is 12.6 Å². The Morgan fingerprint density at radius 3 is 2.23 bits per heavy atom. The highest BCUT2D eigenvalue weighted by atomic mass is 16.7. The third kappa shape index (κ3) is 6.25. The van der Waals surface area contributed by atoms with Crippen molar-refractivity contribution >= 4 is 0 Å². The molecule has 7 N–H and O–H groups in total. The zero-order valence-corrected chi connectivity index (χ0v) is 26.4. The fraction of sp³-hybridized carbons (Fsp3) is 0.875. The van der Waals surface area contributed by atoms with E-state index in [4.69, 9.17) is 18.9 Å². The van der Waals surface area contributed by atoms with Crippen LogP contribution in [0.4, 0.5) is 0 Å². The van der Waals surface area contributed by atoms with Crippen molar-refractivity contribution in [2.24, 2.45) is 22.7 Å². The van der Waals surface area contributed by atoms with Gasteiger partial charge in [0.1, 0.15) is 42.7 Å². The van der Waals surface area contributed by atoms with Gasteiger partial charge in [0.05, 0.1) is 24.4 Å². The Bertz CT molecular complexity index is 1010. The van der Waals surface area contributed by atoms with E-state index in [1.807, 2.05) is 6.92 Å². The Balaban J connectivity index is 1.54. The minimum atomic E-state index is -1.53. The summed E-state index contributed by atoms with van der Waals surface area (Å²) in [5.74, 6) is 0.366. The van der Waals surface area contributed by atoms with Gasteiger partial charge in [-0.25, -0.2) is 0 Å². The summed E-state index contributed by atoms with van der Waals surface area (Å²) in [5.41, 5.74) is -0.320. The Hall–Kier alpha value is -0.960. The largest absolute Gasteiger partial charge is 0.394 e. The molecule has 11 nitrogen and oxygen atoms in total. The molecule has 43 heavy (non-hydrogen) atoms. The first-order valence-electron chi connectivity index (χ1n) is 15.7. The number of fused-ring (bicyclic) bond motifs is 1. The standard InChI is InChI=1S/C32H54O11/c1-8-30(5,43-29-27(39)25(37)23(35)19(15-33)41-29)12-13-31(6)17(3)14-21(32(7)16(2)10-9-11-20(31)32)42-28-26(38)24(36)22(34)18(4)40-28/h8,10,17-29,33-39H,1,9,11-15H2,2-7H3. The van der Waals surface area contributed by atoms with Crippen LogP contribution >= 0.6 is 0 Å². The molecule has 16 atom stereocenters. The van der Waals surface area contributed by atoms with Crippen molar-refractivity contribution in [3.8, 4) is 0 Å². The van der Waals surface area contributed by atoms with Crippen molar-refractivity contribution in [2.45, 2.75) is 147 Å². The predicted molar refractivity (Wildman–Crippen MR) is 156 cm³/mol. The highest BCUT2D eigenvalue weighted by Crippen LogP contribution is 2.63. The second-order valence-electron chi connectivity index (χ2n) is 14.1. The van der Waals surface area contributed by atoms with Crippen molar-refractivity contribution in [3.63, 3.8) is 0 Å². The fourth-order valence-electron chi connectivity index (χ4n) is 7.99. The van der Waals surface area contributed by atoms with Gasteiger partial charge < -0.3 is 54.7 Å². The van der Waals surface area contributed by atoms with Crippen LogP contribution in [0.15, 0.2) is 24.3 Å². The van der Waals surface area contributed by atoms with Gasteiger partial charge in [0, 0.05) is 5.41 Å². The van der Waals surface area contributed by atoms with Crippen LogP contribution in [-0.4, -0.2) is 115 Å². The third-order valence-electron chi connectivity index (χ3n) is 11.6. The molecule has 2 heterocycles. The predicted octanol–water partition coefficient (Wildman–Crippen LogP) is 1.15. The lowest BCUT2D eigenvalue weighted by Crippen LogP contribution is -2.62. The monoisotopic (exact) mass is 614 g/mol. The summed E-state index contributed by atoms with van der Waals surface area (Å²) in [5, 5.41) is 71.9. The highest BCUT2D eigenvalue weighted by molar-refractivity contribution is 5.24. The molecule has 2 saturated heterocycles. The van der Waals surface area contributed by atoms with Crippen molar-refractivity contribution in [1.82, 2.24) is 0 Å². The van der Waals surface area contributed by atoms with E-state index in [0.717, 1.165) is 19.3 Å². The summed E-state index contributed by atoms with van der Waals surface area (Å²) in [4.78, 5) is 0. The van der Waals surface area contributed by atoms with Gasteiger partial charge in [-0.3, -0.25) is 0 Å². The van der Waals surface area contributed by atoms with Crippen LogP contribution in [0.2, 0.25) is 0 Å². The molecule has 1 saturated carbocycles. The zero-order valence-electron chi connectivity index (χ0n) is 26.4. The maximum atomic E-state index is 10.7. The maximum Gasteiger partial charge on any atom is 0.187 e. The van der Waals surface area contributed by atoms with Gasteiger partial charge in [0.2, 0.25) is 0 Å². The van der Waals surface area contributed by atoms with Gasteiger partial charge in [-0.1, -0.05) is 38.5 Å². The van der Waals surface area contributed by atoms with Crippen LogP contribution in [0.5, 0.6) is 0 Å². The Labute approximate surface area is 255 Å². The van der Waals surface area contributed by atoms with E-state index in [0.29, 0.717) is 12.8 Å². The molecule has 0 amide bonds. The summed E-state index contributed by atoms with van der Waals surface area (Å²) in [7, 11) is 0. The number of hydrogen-bond acceptors (Lipinski definition) is 11. The maximum absolute atomic E-state index is 10.7. The van der Waals surface area contributed by atoms with Crippen molar-refractivity contribution < 1.29 is 54.7 Å². The number of rotatable bonds is 9. The van der Waals surface area contributed by atoms with Crippen molar-refractivity contribution in [3.05, 3.63) is 24.3 Å². The lowest BCUT2D eigenvalue weighted by atomic mass is 9.45. The Morgan fingerprint density at radius 2 is 1.60 bits per heavy atom. The van der Waals surface area contributed by atoms with Gasteiger partial charge in [0.25, 0.3) is 0 Å². The lowest BCUT2D eigenvalue weighted by Gasteiger charge is -2.61.